The second kappa shape index (κ2) is 18.6. The van der Waals surface area contributed by atoms with Gasteiger partial charge in [-0.1, -0.05) is 0 Å². The molecule has 1 atom stereocenters. The molecule has 0 aliphatic carbocycles. The van der Waals surface area contributed by atoms with Crippen molar-refractivity contribution in [3.63, 3.8) is 0 Å². The van der Waals surface area contributed by atoms with E-state index in [1.54, 1.807) is 12.1 Å². The number of carboxylic acid groups (broad SMARTS) is 1. The zero-order chi connectivity index (χ0) is 33.3. The SMILES string of the molecule is CCOCCOCCC(=O)NCCCNC(=O)CC[C@H](NC(=O)c1ccc(NCc2cnc3nc(N)[nH]c(=O)c3n2)cc1)C(=O)O. The van der Waals surface area contributed by atoms with Crippen LogP contribution in [-0.2, 0) is 30.4 Å². The van der Waals surface area contributed by atoms with Crippen molar-refractivity contribution in [2.24, 2.45) is 0 Å². The van der Waals surface area contributed by atoms with E-state index < -0.39 is 23.5 Å². The Morgan fingerprint density at radius 2 is 1.67 bits per heavy atom. The predicted molar refractivity (Wildman–Crippen MR) is 167 cm³/mol. The number of aliphatic carboxylic acids is 1. The molecule has 3 aromatic rings. The van der Waals surface area contributed by atoms with Crippen LogP contribution in [0.25, 0.3) is 11.2 Å². The van der Waals surface area contributed by atoms with Gasteiger partial charge in [0.1, 0.15) is 6.04 Å². The summed E-state index contributed by atoms with van der Waals surface area (Å²) >= 11 is 0. The zero-order valence-electron chi connectivity index (χ0n) is 25.5. The van der Waals surface area contributed by atoms with Gasteiger partial charge in [0.05, 0.1) is 38.3 Å². The van der Waals surface area contributed by atoms with Crippen LogP contribution in [0.15, 0.2) is 35.3 Å². The number of ether oxygens (including phenoxy) is 2. The Morgan fingerprint density at radius 1 is 0.978 bits per heavy atom. The number of H-pyrrole nitrogens is 1. The van der Waals surface area contributed by atoms with Gasteiger partial charge in [-0.3, -0.25) is 24.2 Å². The van der Waals surface area contributed by atoms with E-state index in [1.165, 1.54) is 18.3 Å². The van der Waals surface area contributed by atoms with Crippen LogP contribution >= 0.6 is 0 Å². The Hall–Kier alpha value is -5.16. The maximum absolute atomic E-state index is 12.7. The summed E-state index contributed by atoms with van der Waals surface area (Å²) in [5, 5.41) is 20.5. The first-order chi connectivity index (χ1) is 22.2. The van der Waals surface area contributed by atoms with Gasteiger partial charge < -0.3 is 41.6 Å². The van der Waals surface area contributed by atoms with Crippen LogP contribution in [0, 0.1) is 0 Å². The highest BCUT2D eigenvalue weighted by atomic mass is 16.5. The van der Waals surface area contributed by atoms with Crippen molar-refractivity contribution in [1.29, 1.82) is 0 Å². The number of carbonyl (C=O) groups is 4. The molecule has 0 unspecified atom stereocenters. The minimum absolute atomic E-state index is 0.0543. The van der Waals surface area contributed by atoms with Gasteiger partial charge in [-0.2, -0.15) is 4.98 Å². The van der Waals surface area contributed by atoms with Crippen LogP contribution in [0.1, 0.15) is 48.7 Å². The molecular weight excluding hydrogens is 602 g/mol. The minimum Gasteiger partial charge on any atom is -0.480 e. The standard InChI is InChI=1S/C29H39N9O8/c1-2-45-14-15-46-13-10-23(40)32-12-3-11-31-22(39)9-8-21(28(43)44)36-26(41)18-4-6-19(7-5-18)33-16-20-17-34-25-24(35-20)27(42)38-29(30)37-25/h4-7,17,21,33H,2-3,8-16H2,1H3,(H,31,39)(H,32,40)(H,36,41)(H,43,44)(H3,30,34,37,38,42)/t21-/m0/s1. The molecule has 0 radical (unpaired) electrons. The summed E-state index contributed by atoms with van der Waals surface area (Å²) in [7, 11) is 0. The number of hydrogen-bond acceptors (Lipinski definition) is 12. The van der Waals surface area contributed by atoms with Gasteiger partial charge in [0.25, 0.3) is 11.5 Å². The molecule has 0 spiro atoms. The zero-order valence-corrected chi connectivity index (χ0v) is 25.5. The number of aromatic nitrogens is 4. The molecule has 17 heteroatoms. The molecule has 8 N–H and O–H groups in total. The highest BCUT2D eigenvalue weighted by molar-refractivity contribution is 5.97. The van der Waals surface area contributed by atoms with Gasteiger partial charge in [0, 0.05) is 43.8 Å². The fourth-order valence-corrected chi connectivity index (χ4v) is 4.01. The molecule has 1 aromatic carbocycles. The molecule has 0 aliphatic heterocycles. The normalized spacial score (nSPS) is 11.5. The molecule has 2 aromatic heterocycles. The molecule has 2 heterocycles. The Morgan fingerprint density at radius 3 is 2.37 bits per heavy atom. The molecular formula is C29H39N9O8. The first kappa shape index (κ1) is 35.3. The number of nitrogen functional groups attached to an aromatic ring is 1. The molecule has 248 valence electrons. The highest BCUT2D eigenvalue weighted by Gasteiger charge is 2.22. The minimum atomic E-state index is -1.27. The maximum Gasteiger partial charge on any atom is 0.326 e. The highest BCUT2D eigenvalue weighted by Crippen LogP contribution is 2.12. The Labute approximate surface area is 264 Å². The first-order valence-electron chi connectivity index (χ1n) is 14.7. The van der Waals surface area contributed by atoms with Crippen molar-refractivity contribution in [3.8, 4) is 0 Å². The topological polar surface area (TPSA) is 253 Å². The Bertz CT molecular complexity index is 1530. The summed E-state index contributed by atoms with van der Waals surface area (Å²) in [5.74, 6) is -2.46. The lowest BCUT2D eigenvalue weighted by Gasteiger charge is -2.15. The van der Waals surface area contributed by atoms with Crippen LogP contribution < -0.4 is 32.6 Å². The quantitative estimate of drug-likeness (QED) is 0.0799. The molecule has 0 fully saturated rings. The molecule has 17 nitrogen and oxygen atoms in total. The number of rotatable bonds is 20. The first-order valence-corrected chi connectivity index (χ1v) is 14.7. The Balaban J connectivity index is 1.35. The van der Waals surface area contributed by atoms with Crippen molar-refractivity contribution in [2.75, 3.05) is 50.6 Å². The second-order valence-electron chi connectivity index (χ2n) is 9.93. The van der Waals surface area contributed by atoms with E-state index in [9.17, 15) is 29.1 Å². The lowest BCUT2D eigenvalue weighted by molar-refractivity contribution is -0.139. The third-order valence-corrected chi connectivity index (χ3v) is 6.42. The largest absolute Gasteiger partial charge is 0.480 e. The van der Waals surface area contributed by atoms with Gasteiger partial charge in [-0.15, -0.1) is 0 Å². The molecule has 0 bridgehead atoms. The van der Waals surface area contributed by atoms with Crippen molar-refractivity contribution < 1.29 is 33.8 Å². The number of nitrogens with two attached hydrogens (primary N) is 1. The van der Waals surface area contributed by atoms with Crippen molar-refractivity contribution in [1.82, 2.24) is 35.9 Å². The fourth-order valence-electron chi connectivity index (χ4n) is 4.01. The molecule has 3 rings (SSSR count). The average molecular weight is 642 g/mol. The summed E-state index contributed by atoms with van der Waals surface area (Å²) < 4.78 is 10.4. The van der Waals surface area contributed by atoms with E-state index in [0.717, 1.165) is 0 Å². The Kier molecular flexibility index (Phi) is 14.3. The second-order valence-corrected chi connectivity index (χ2v) is 9.93. The van der Waals surface area contributed by atoms with E-state index in [0.29, 0.717) is 57.3 Å². The van der Waals surface area contributed by atoms with Gasteiger partial charge in [-0.05, 0) is 44.0 Å². The monoisotopic (exact) mass is 641 g/mol. The summed E-state index contributed by atoms with van der Waals surface area (Å²) in [6.45, 7) is 4.60. The van der Waals surface area contributed by atoms with Crippen LogP contribution in [0.4, 0.5) is 11.6 Å². The lowest BCUT2D eigenvalue weighted by Crippen LogP contribution is -2.41. The molecule has 0 saturated carbocycles. The van der Waals surface area contributed by atoms with E-state index in [4.69, 9.17) is 15.2 Å². The summed E-state index contributed by atoms with van der Waals surface area (Å²) in [5.41, 5.74) is 6.53. The van der Waals surface area contributed by atoms with Gasteiger partial charge >= 0.3 is 5.97 Å². The molecule has 3 amide bonds. The summed E-state index contributed by atoms with van der Waals surface area (Å²) in [6.07, 6.45) is 1.96. The van der Waals surface area contributed by atoms with Gasteiger partial charge in [0.2, 0.25) is 17.8 Å². The van der Waals surface area contributed by atoms with Crippen LogP contribution in [0.3, 0.4) is 0 Å². The number of hydrogen-bond donors (Lipinski definition) is 7. The third kappa shape index (κ3) is 12.1. The number of carboxylic acids is 1. The molecule has 0 aliphatic rings. The third-order valence-electron chi connectivity index (χ3n) is 6.42. The lowest BCUT2D eigenvalue weighted by atomic mass is 10.1. The van der Waals surface area contributed by atoms with E-state index in [-0.39, 0.29) is 60.3 Å². The van der Waals surface area contributed by atoms with Crippen molar-refractivity contribution in [2.45, 2.75) is 45.2 Å². The fraction of sp³-hybridized carbons (Fsp3) is 0.448. The number of carbonyl (C=O) groups excluding carboxylic acids is 3. The number of fused-ring (bicyclic) bond motifs is 1. The van der Waals surface area contributed by atoms with Gasteiger partial charge in [0.15, 0.2) is 11.2 Å². The maximum atomic E-state index is 12.7. The van der Waals surface area contributed by atoms with Gasteiger partial charge in [-0.25, -0.2) is 14.8 Å². The smallest absolute Gasteiger partial charge is 0.326 e. The summed E-state index contributed by atoms with van der Waals surface area (Å²) in [4.78, 5) is 75.1. The number of anilines is 2. The predicted octanol–water partition coefficient (Wildman–Crippen LogP) is -0.0637. The van der Waals surface area contributed by atoms with E-state index in [1.807, 2.05) is 6.92 Å². The number of aromatic amines is 1. The van der Waals surface area contributed by atoms with Crippen LogP contribution in [0.2, 0.25) is 0 Å². The van der Waals surface area contributed by atoms with Crippen LogP contribution in [0.5, 0.6) is 0 Å². The number of nitrogens with one attached hydrogen (secondary N) is 5. The van der Waals surface area contributed by atoms with Crippen molar-refractivity contribution in [3.05, 3.63) is 52.1 Å². The van der Waals surface area contributed by atoms with E-state index in [2.05, 4.69) is 41.2 Å². The average Bonchev–Trinajstić information content (AvgIpc) is 3.03. The summed E-state index contributed by atoms with van der Waals surface area (Å²) in [6, 6.07) is 5.01. The van der Waals surface area contributed by atoms with Crippen molar-refractivity contribution >= 4 is 46.5 Å². The number of amides is 3. The van der Waals surface area contributed by atoms with E-state index >= 15 is 0 Å². The molecule has 46 heavy (non-hydrogen) atoms. The molecule has 0 saturated heterocycles. The number of benzene rings is 1. The number of nitrogens with zero attached hydrogens (tertiary/aromatic N) is 3. The van der Waals surface area contributed by atoms with Crippen LogP contribution in [-0.4, -0.2) is 94.3 Å².